The van der Waals surface area contributed by atoms with Crippen LogP contribution in [-0.2, 0) is 0 Å². The molecule has 0 aliphatic carbocycles. The second-order valence-corrected chi connectivity index (χ2v) is 7.01. The summed E-state index contributed by atoms with van der Waals surface area (Å²) in [5.74, 6) is 0.746. The molecule has 4 rings (SSSR count). The van der Waals surface area contributed by atoms with Gasteiger partial charge in [-0.2, -0.15) is 0 Å². The Morgan fingerprint density at radius 3 is 2.12 bits per heavy atom. The van der Waals surface area contributed by atoms with Crippen molar-refractivity contribution in [2.24, 2.45) is 0 Å². The Hall–Kier alpha value is -2.55. The van der Waals surface area contributed by atoms with Crippen LogP contribution >= 0.6 is 23.2 Å². The summed E-state index contributed by atoms with van der Waals surface area (Å²) in [6.45, 7) is 2.08. The van der Waals surface area contributed by atoms with Crippen LogP contribution in [0.1, 0.15) is 5.56 Å². The minimum atomic E-state index is 0.666. The molecule has 4 aromatic rings. The number of H-pyrrole nitrogens is 1. The van der Waals surface area contributed by atoms with Crippen molar-refractivity contribution in [2.45, 2.75) is 6.92 Å². The summed E-state index contributed by atoms with van der Waals surface area (Å²) in [6, 6.07) is 23.8. The van der Waals surface area contributed by atoms with Crippen molar-refractivity contribution in [3.8, 4) is 33.9 Å². The zero-order valence-electron chi connectivity index (χ0n) is 14.1. The smallest absolute Gasteiger partial charge is 0.140 e. The molecule has 26 heavy (non-hydrogen) atoms. The number of aryl methyl sites for hydroxylation is 1. The Morgan fingerprint density at radius 2 is 1.42 bits per heavy atom. The molecule has 0 spiro atoms. The number of rotatable bonds is 3. The number of benzene rings is 3. The summed E-state index contributed by atoms with van der Waals surface area (Å²) in [7, 11) is 0. The van der Waals surface area contributed by atoms with E-state index in [4.69, 9.17) is 28.2 Å². The molecule has 0 saturated heterocycles. The van der Waals surface area contributed by atoms with E-state index < -0.39 is 0 Å². The molecule has 0 aliphatic heterocycles. The maximum atomic E-state index is 6.38. The highest BCUT2D eigenvalue weighted by molar-refractivity contribution is 6.33. The first-order chi connectivity index (χ1) is 12.6. The van der Waals surface area contributed by atoms with E-state index in [0.717, 1.165) is 33.9 Å². The Kier molecular flexibility index (Phi) is 4.54. The van der Waals surface area contributed by atoms with Crippen LogP contribution < -0.4 is 0 Å². The molecule has 0 amide bonds. The number of nitrogens with zero attached hydrogens (tertiary/aromatic N) is 1. The molecule has 0 aliphatic rings. The average Bonchev–Trinajstić information content (AvgIpc) is 3.08. The van der Waals surface area contributed by atoms with Gasteiger partial charge in [-0.15, -0.1) is 0 Å². The highest BCUT2D eigenvalue weighted by Crippen LogP contribution is 2.35. The molecule has 0 bridgehead atoms. The second-order valence-electron chi connectivity index (χ2n) is 6.16. The number of aromatic amines is 1. The van der Waals surface area contributed by atoms with E-state index in [1.165, 1.54) is 5.56 Å². The van der Waals surface area contributed by atoms with E-state index >= 15 is 0 Å². The molecule has 0 radical (unpaired) electrons. The van der Waals surface area contributed by atoms with E-state index in [-0.39, 0.29) is 0 Å². The van der Waals surface area contributed by atoms with E-state index in [1.54, 1.807) is 0 Å². The lowest BCUT2D eigenvalue weighted by Gasteiger charge is -2.04. The number of aromatic nitrogens is 2. The lowest BCUT2D eigenvalue weighted by molar-refractivity contribution is 1.31. The number of hydrogen-bond acceptors (Lipinski definition) is 1. The minimum absolute atomic E-state index is 0.666. The first kappa shape index (κ1) is 16.9. The number of hydrogen-bond donors (Lipinski definition) is 1. The number of halogens is 2. The summed E-state index contributed by atoms with van der Waals surface area (Å²) in [5.41, 5.74) is 6.00. The van der Waals surface area contributed by atoms with Gasteiger partial charge in [-0.05, 0) is 31.2 Å². The number of nitrogens with one attached hydrogen (secondary N) is 1. The van der Waals surface area contributed by atoms with Gasteiger partial charge < -0.3 is 4.98 Å². The first-order valence-corrected chi connectivity index (χ1v) is 9.05. The third kappa shape index (κ3) is 3.26. The van der Waals surface area contributed by atoms with Gasteiger partial charge in [0.2, 0.25) is 0 Å². The molecule has 0 unspecified atom stereocenters. The molecular formula is C22H16Cl2N2. The van der Waals surface area contributed by atoms with Crippen molar-refractivity contribution in [3.63, 3.8) is 0 Å². The zero-order chi connectivity index (χ0) is 18.1. The van der Waals surface area contributed by atoms with Crippen molar-refractivity contribution in [3.05, 3.63) is 88.4 Å². The zero-order valence-corrected chi connectivity index (χ0v) is 15.6. The maximum absolute atomic E-state index is 6.38. The van der Waals surface area contributed by atoms with Crippen LogP contribution in [0.3, 0.4) is 0 Å². The fourth-order valence-electron chi connectivity index (χ4n) is 2.90. The lowest BCUT2D eigenvalue weighted by Crippen LogP contribution is -1.84. The fourth-order valence-corrected chi connectivity index (χ4v) is 3.25. The quantitative estimate of drug-likeness (QED) is 0.407. The molecular weight excluding hydrogens is 363 g/mol. The van der Waals surface area contributed by atoms with Gasteiger partial charge in [-0.25, -0.2) is 4.98 Å². The van der Waals surface area contributed by atoms with Crippen LogP contribution in [0.4, 0.5) is 0 Å². The highest BCUT2D eigenvalue weighted by Gasteiger charge is 2.16. The predicted molar refractivity (Wildman–Crippen MR) is 110 cm³/mol. The van der Waals surface area contributed by atoms with E-state index in [9.17, 15) is 0 Å². The molecule has 1 heterocycles. The van der Waals surface area contributed by atoms with Gasteiger partial charge in [0.05, 0.1) is 16.4 Å². The van der Waals surface area contributed by atoms with E-state index in [0.29, 0.717) is 10.0 Å². The van der Waals surface area contributed by atoms with Crippen LogP contribution in [0.25, 0.3) is 33.9 Å². The SMILES string of the molecule is Cc1ccc(-c2[nH]c(-c3ccccc3Cl)nc2-c2ccc(Cl)cc2)cc1. The van der Waals surface area contributed by atoms with Gasteiger partial charge in [-0.3, -0.25) is 0 Å². The Balaban J connectivity index is 1.92. The van der Waals surface area contributed by atoms with Crippen LogP contribution in [-0.4, -0.2) is 9.97 Å². The number of imidazole rings is 1. The van der Waals surface area contributed by atoms with E-state index in [2.05, 4.69) is 36.2 Å². The molecule has 0 saturated carbocycles. The van der Waals surface area contributed by atoms with Crippen LogP contribution in [0.2, 0.25) is 10.0 Å². The summed E-state index contributed by atoms with van der Waals surface area (Å²) < 4.78 is 0. The highest BCUT2D eigenvalue weighted by atomic mass is 35.5. The molecule has 4 heteroatoms. The predicted octanol–water partition coefficient (Wildman–Crippen LogP) is 7.03. The van der Waals surface area contributed by atoms with Crippen molar-refractivity contribution in [2.75, 3.05) is 0 Å². The molecule has 1 aromatic heterocycles. The van der Waals surface area contributed by atoms with Crippen molar-refractivity contribution in [1.82, 2.24) is 9.97 Å². The summed E-state index contributed by atoms with van der Waals surface area (Å²) in [5, 5.41) is 1.37. The Morgan fingerprint density at radius 1 is 0.769 bits per heavy atom. The van der Waals surface area contributed by atoms with Gasteiger partial charge in [-0.1, -0.05) is 77.3 Å². The van der Waals surface area contributed by atoms with Crippen LogP contribution in [0.15, 0.2) is 72.8 Å². The average molecular weight is 379 g/mol. The summed E-state index contributed by atoms with van der Waals surface area (Å²) >= 11 is 12.4. The standard InChI is InChI=1S/C22H16Cl2N2/c1-14-6-8-15(9-7-14)20-21(16-10-12-17(23)13-11-16)26-22(25-20)18-4-2-3-5-19(18)24/h2-13H,1H3,(H,25,26). The van der Waals surface area contributed by atoms with Gasteiger partial charge in [0.1, 0.15) is 5.82 Å². The largest absolute Gasteiger partial charge is 0.337 e. The third-order valence-corrected chi connectivity index (χ3v) is 4.87. The third-order valence-electron chi connectivity index (χ3n) is 4.29. The van der Waals surface area contributed by atoms with Crippen LogP contribution in [0, 0.1) is 6.92 Å². The Labute approximate surface area is 162 Å². The van der Waals surface area contributed by atoms with Crippen molar-refractivity contribution < 1.29 is 0 Å². The maximum Gasteiger partial charge on any atom is 0.140 e. The Bertz CT molecular complexity index is 985. The first-order valence-electron chi connectivity index (χ1n) is 8.30. The fraction of sp³-hybridized carbons (Fsp3) is 0.0455. The normalized spacial score (nSPS) is 10.9. The molecule has 0 fully saturated rings. The van der Waals surface area contributed by atoms with Gasteiger partial charge in [0.15, 0.2) is 0 Å². The van der Waals surface area contributed by atoms with Crippen molar-refractivity contribution >= 4 is 23.2 Å². The summed E-state index contributed by atoms with van der Waals surface area (Å²) in [4.78, 5) is 8.32. The monoisotopic (exact) mass is 378 g/mol. The molecule has 1 N–H and O–H groups in total. The minimum Gasteiger partial charge on any atom is -0.337 e. The molecule has 3 aromatic carbocycles. The molecule has 0 atom stereocenters. The van der Waals surface area contributed by atoms with Gasteiger partial charge in [0, 0.05) is 21.7 Å². The van der Waals surface area contributed by atoms with Crippen molar-refractivity contribution in [1.29, 1.82) is 0 Å². The van der Waals surface area contributed by atoms with Gasteiger partial charge >= 0.3 is 0 Å². The van der Waals surface area contributed by atoms with Gasteiger partial charge in [0.25, 0.3) is 0 Å². The molecule has 2 nitrogen and oxygen atoms in total. The second kappa shape index (κ2) is 6.99. The van der Waals surface area contributed by atoms with Crippen LogP contribution in [0.5, 0.6) is 0 Å². The lowest BCUT2D eigenvalue weighted by atomic mass is 10.0. The van der Waals surface area contributed by atoms with E-state index in [1.807, 2.05) is 48.5 Å². The topological polar surface area (TPSA) is 28.7 Å². The summed E-state index contributed by atoms with van der Waals surface area (Å²) in [6.07, 6.45) is 0. The molecule has 128 valence electrons.